The number of rotatable bonds is 3. The average molecular weight is 247 g/mol. The van der Waals surface area contributed by atoms with E-state index in [1.807, 2.05) is 6.92 Å². The lowest BCUT2D eigenvalue weighted by Crippen LogP contribution is -2.29. The van der Waals surface area contributed by atoms with Gasteiger partial charge in [-0.1, -0.05) is 39.0 Å². The van der Waals surface area contributed by atoms with Crippen LogP contribution in [0.1, 0.15) is 56.8 Å². The van der Waals surface area contributed by atoms with Gasteiger partial charge in [0.1, 0.15) is 0 Å². The molecule has 1 aromatic rings. The van der Waals surface area contributed by atoms with Gasteiger partial charge < -0.3 is 5.32 Å². The van der Waals surface area contributed by atoms with E-state index in [9.17, 15) is 4.79 Å². The van der Waals surface area contributed by atoms with Crippen molar-refractivity contribution in [2.45, 2.75) is 54.0 Å². The third-order valence-corrected chi connectivity index (χ3v) is 3.10. The van der Waals surface area contributed by atoms with Gasteiger partial charge in [0.25, 0.3) is 0 Å². The Morgan fingerprint density at radius 3 is 2.33 bits per heavy atom. The summed E-state index contributed by atoms with van der Waals surface area (Å²) in [5.74, 6) is 0.119. The summed E-state index contributed by atoms with van der Waals surface area (Å²) in [4.78, 5) is 11.9. The molecule has 1 rings (SSSR count). The first-order valence-electron chi connectivity index (χ1n) is 6.55. The minimum Gasteiger partial charge on any atom is -0.350 e. The molecule has 18 heavy (non-hydrogen) atoms. The summed E-state index contributed by atoms with van der Waals surface area (Å²) in [7, 11) is 0. The molecule has 1 atom stereocenters. The molecule has 100 valence electrons. The van der Waals surface area contributed by atoms with Crippen LogP contribution in [0.3, 0.4) is 0 Å². The summed E-state index contributed by atoms with van der Waals surface area (Å²) in [6, 6.07) is 6.41. The van der Waals surface area contributed by atoms with Gasteiger partial charge >= 0.3 is 0 Å². The lowest BCUT2D eigenvalue weighted by molar-refractivity contribution is -0.123. The molecule has 2 heteroatoms. The zero-order chi connectivity index (χ0) is 13.9. The third kappa shape index (κ3) is 4.52. The topological polar surface area (TPSA) is 29.1 Å². The maximum atomic E-state index is 11.9. The van der Waals surface area contributed by atoms with Crippen LogP contribution in [0.4, 0.5) is 0 Å². The van der Waals surface area contributed by atoms with Crippen LogP contribution in [-0.2, 0) is 4.79 Å². The molecule has 0 radical (unpaired) electrons. The molecule has 0 heterocycles. The molecule has 1 amide bonds. The second-order valence-corrected chi connectivity index (χ2v) is 6.37. The molecule has 0 saturated carbocycles. The van der Waals surface area contributed by atoms with E-state index in [-0.39, 0.29) is 17.4 Å². The second-order valence-electron chi connectivity index (χ2n) is 6.37. The summed E-state index contributed by atoms with van der Waals surface area (Å²) in [5.41, 5.74) is 3.75. The Kier molecular flexibility index (Phi) is 4.55. The zero-order valence-electron chi connectivity index (χ0n) is 12.4. The Hall–Kier alpha value is -1.31. The van der Waals surface area contributed by atoms with Crippen molar-refractivity contribution in [3.63, 3.8) is 0 Å². The van der Waals surface area contributed by atoms with E-state index in [1.54, 1.807) is 0 Å². The number of nitrogens with one attached hydrogen (secondary N) is 1. The van der Waals surface area contributed by atoms with Crippen molar-refractivity contribution < 1.29 is 4.79 Å². The van der Waals surface area contributed by atoms with Crippen LogP contribution in [0, 0.1) is 19.3 Å². The van der Waals surface area contributed by atoms with Crippen LogP contribution >= 0.6 is 0 Å². The van der Waals surface area contributed by atoms with Crippen molar-refractivity contribution >= 4 is 5.91 Å². The standard InChI is InChI=1S/C16H25NO/c1-11-7-8-14(9-12(11)2)13(3)17-15(18)10-16(4,5)6/h7-9,13H,10H2,1-6H3,(H,17,18)/t13-/m0/s1. The normalized spacial score (nSPS) is 13.2. The molecule has 1 aromatic carbocycles. The fourth-order valence-corrected chi connectivity index (χ4v) is 1.89. The van der Waals surface area contributed by atoms with Crippen molar-refractivity contribution in [3.05, 3.63) is 34.9 Å². The minimum atomic E-state index is 0.0347. The van der Waals surface area contributed by atoms with E-state index in [4.69, 9.17) is 0 Å². The maximum absolute atomic E-state index is 11.9. The molecule has 0 bridgehead atoms. The quantitative estimate of drug-likeness (QED) is 0.862. The highest BCUT2D eigenvalue weighted by Gasteiger charge is 2.17. The Morgan fingerprint density at radius 2 is 1.83 bits per heavy atom. The van der Waals surface area contributed by atoms with Gasteiger partial charge in [0, 0.05) is 6.42 Å². The number of carbonyl (C=O) groups is 1. The van der Waals surface area contributed by atoms with Gasteiger partial charge in [0.2, 0.25) is 5.91 Å². The fraction of sp³-hybridized carbons (Fsp3) is 0.562. The maximum Gasteiger partial charge on any atom is 0.220 e. The summed E-state index contributed by atoms with van der Waals surface area (Å²) < 4.78 is 0. The molecule has 0 aliphatic heterocycles. The molecule has 0 fully saturated rings. The van der Waals surface area contributed by atoms with E-state index in [2.05, 4.69) is 58.1 Å². The van der Waals surface area contributed by atoms with Crippen molar-refractivity contribution in [2.24, 2.45) is 5.41 Å². The van der Waals surface area contributed by atoms with E-state index >= 15 is 0 Å². The number of carbonyl (C=O) groups excluding carboxylic acids is 1. The van der Waals surface area contributed by atoms with Gasteiger partial charge in [0.15, 0.2) is 0 Å². The summed E-state index contributed by atoms with van der Waals surface area (Å²) >= 11 is 0. The molecular weight excluding hydrogens is 222 g/mol. The number of benzene rings is 1. The fourth-order valence-electron chi connectivity index (χ4n) is 1.89. The highest BCUT2D eigenvalue weighted by atomic mass is 16.1. The molecule has 0 aromatic heterocycles. The van der Waals surface area contributed by atoms with Gasteiger partial charge in [-0.15, -0.1) is 0 Å². The summed E-state index contributed by atoms with van der Waals surface area (Å²) in [6.07, 6.45) is 0.558. The van der Waals surface area contributed by atoms with Crippen molar-refractivity contribution in [2.75, 3.05) is 0 Å². The first kappa shape index (κ1) is 14.7. The molecule has 1 N–H and O–H groups in total. The smallest absolute Gasteiger partial charge is 0.220 e. The van der Waals surface area contributed by atoms with Crippen LogP contribution in [-0.4, -0.2) is 5.91 Å². The highest BCUT2D eigenvalue weighted by Crippen LogP contribution is 2.20. The van der Waals surface area contributed by atoms with E-state index < -0.39 is 0 Å². The van der Waals surface area contributed by atoms with E-state index in [0.717, 1.165) is 0 Å². The number of amides is 1. The van der Waals surface area contributed by atoms with Crippen LogP contribution in [0.2, 0.25) is 0 Å². The van der Waals surface area contributed by atoms with Gasteiger partial charge in [0.05, 0.1) is 6.04 Å². The Balaban J connectivity index is 2.68. The van der Waals surface area contributed by atoms with Crippen molar-refractivity contribution in [1.82, 2.24) is 5.32 Å². The van der Waals surface area contributed by atoms with Crippen molar-refractivity contribution in [3.8, 4) is 0 Å². The van der Waals surface area contributed by atoms with Gasteiger partial charge in [-0.2, -0.15) is 0 Å². The van der Waals surface area contributed by atoms with Crippen molar-refractivity contribution in [1.29, 1.82) is 0 Å². The van der Waals surface area contributed by atoms with Crippen LogP contribution in [0.25, 0.3) is 0 Å². The molecule has 0 aliphatic carbocycles. The van der Waals surface area contributed by atoms with E-state index in [1.165, 1.54) is 16.7 Å². The molecule has 0 spiro atoms. The van der Waals surface area contributed by atoms with Crippen LogP contribution in [0.15, 0.2) is 18.2 Å². The largest absolute Gasteiger partial charge is 0.350 e. The van der Waals surface area contributed by atoms with Crippen LogP contribution < -0.4 is 5.32 Å². The SMILES string of the molecule is Cc1ccc([C@H](C)NC(=O)CC(C)(C)C)cc1C. The van der Waals surface area contributed by atoms with Gasteiger partial charge in [-0.25, -0.2) is 0 Å². The van der Waals surface area contributed by atoms with E-state index in [0.29, 0.717) is 6.42 Å². The van der Waals surface area contributed by atoms with Gasteiger partial charge in [-0.05, 0) is 42.9 Å². The lowest BCUT2D eigenvalue weighted by Gasteiger charge is -2.20. The lowest BCUT2D eigenvalue weighted by atomic mass is 9.91. The number of hydrogen-bond acceptors (Lipinski definition) is 1. The van der Waals surface area contributed by atoms with Gasteiger partial charge in [-0.3, -0.25) is 4.79 Å². The monoisotopic (exact) mass is 247 g/mol. The summed E-state index contributed by atoms with van der Waals surface area (Å²) in [5, 5.41) is 3.06. The Morgan fingerprint density at radius 1 is 1.22 bits per heavy atom. The molecule has 0 aliphatic rings. The Labute approximate surface area is 111 Å². The number of hydrogen-bond donors (Lipinski definition) is 1. The molecule has 0 unspecified atom stereocenters. The first-order valence-corrected chi connectivity index (χ1v) is 6.55. The summed E-state index contributed by atoms with van der Waals surface area (Å²) in [6.45, 7) is 12.5. The average Bonchev–Trinajstić information content (AvgIpc) is 2.18. The molecule has 0 saturated heterocycles. The Bertz CT molecular complexity index is 429. The van der Waals surface area contributed by atoms with Crippen LogP contribution in [0.5, 0.6) is 0 Å². The highest BCUT2D eigenvalue weighted by molar-refractivity contribution is 5.77. The minimum absolute atomic E-state index is 0.0347. The third-order valence-electron chi connectivity index (χ3n) is 3.10. The number of aryl methyl sites for hydroxylation is 2. The zero-order valence-corrected chi connectivity index (χ0v) is 12.4. The molecule has 2 nitrogen and oxygen atoms in total. The molecular formula is C16H25NO. The predicted octanol–water partition coefficient (Wildman–Crippen LogP) is 3.92. The predicted molar refractivity (Wildman–Crippen MR) is 76.5 cm³/mol. The second kappa shape index (κ2) is 5.55. The first-order chi connectivity index (χ1) is 8.19.